The van der Waals surface area contributed by atoms with Crippen LogP contribution >= 0.6 is 19.4 Å². The minimum absolute atomic E-state index is 0.00755. The average Bonchev–Trinajstić information content (AvgIpc) is 4.20. The molecule has 0 aliphatic carbocycles. The van der Waals surface area contributed by atoms with Crippen LogP contribution in [-0.4, -0.2) is 99.6 Å². The fourth-order valence-electron chi connectivity index (χ4n) is 7.95. The summed E-state index contributed by atoms with van der Waals surface area (Å²) in [5.41, 5.74) is 2.24. The quantitative estimate of drug-likeness (QED) is 0.0638. The van der Waals surface area contributed by atoms with Crippen LogP contribution in [-0.2, 0) is 27.8 Å². The third kappa shape index (κ3) is 9.98. The van der Waals surface area contributed by atoms with E-state index in [1.54, 1.807) is 100 Å². The lowest BCUT2D eigenvalue weighted by atomic mass is 10.1. The van der Waals surface area contributed by atoms with Crippen molar-refractivity contribution in [1.82, 2.24) is 39.0 Å². The number of benzene rings is 4. The highest BCUT2D eigenvalue weighted by Crippen LogP contribution is 2.54. The van der Waals surface area contributed by atoms with Crippen molar-refractivity contribution in [2.45, 2.75) is 49.7 Å². The van der Waals surface area contributed by atoms with Crippen LogP contribution in [0.4, 0.5) is 11.6 Å². The molecule has 4 aromatic carbocycles. The molecular weight excluding hydrogens is 947 g/mol. The number of phosphoric ester groups is 1. The van der Waals surface area contributed by atoms with E-state index in [9.17, 15) is 19.5 Å². The fraction of sp³-hybridized carbons (Fsp3) is 0.213. The standard InChI is InChI=1S/C47H40ClN10O11P/c48-31-16-18-32(19-17-31)68-70(63,69-34-21-38(65-35(34)22-59)58-27-54-40-42(50-25-52-44(40)58)56-46(61)29-12-6-2-7-13-29)64-23-36-33(67-47(62)30-14-8-3-9-15-30)20-37(66-36)57-26-53-39-41(49-24-51-43(39)57)55-45(60)28-10-4-1-5-11-28/h1-19,24-27,33-38,59H,20-23H2,(H,49,51,55,60)(H,50,52,56,61)/t33-,34+,35-,36-,37-,38-,70+/m0/s1. The van der Waals surface area contributed by atoms with E-state index in [1.165, 1.54) is 49.6 Å². The Hall–Kier alpha value is -7.49. The molecule has 2 fully saturated rings. The maximum absolute atomic E-state index is 15.0. The van der Waals surface area contributed by atoms with Gasteiger partial charge in [0.15, 0.2) is 34.0 Å². The first-order chi connectivity index (χ1) is 34.1. The molecule has 2 aliphatic heterocycles. The number of hydrogen-bond donors (Lipinski definition) is 3. The van der Waals surface area contributed by atoms with Crippen molar-refractivity contribution in [3.8, 4) is 5.75 Å². The summed E-state index contributed by atoms with van der Waals surface area (Å²) in [4.78, 5) is 65.9. The van der Waals surface area contributed by atoms with Gasteiger partial charge in [-0.25, -0.2) is 39.3 Å². The number of aromatic nitrogens is 8. The lowest BCUT2D eigenvalue weighted by molar-refractivity contribution is -0.0578. The first kappa shape index (κ1) is 46.2. The van der Waals surface area contributed by atoms with Crippen molar-refractivity contribution in [2.75, 3.05) is 23.8 Å². The van der Waals surface area contributed by atoms with Crippen molar-refractivity contribution in [1.29, 1.82) is 0 Å². The van der Waals surface area contributed by atoms with Crippen molar-refractivity contribution in [3.63, 3.8) is 0 Å². The van der Waals surface area contributed by atoms with Gasteiger partial charge in [0, 0.05) is 29.0 Å². The number of halogens is 1. The van der Waals surface area contributed by atoms with Gasteiger partial charge in [-0.3, -0.25) is 27.8 Å². The number of phosphoric acid groups is 1. The highest BCUT2D eigenvalue weighted by atomic mass is 35.5. The maximum Gasteiger partial charge on any atom is 0.530 e. The molecule has 356 valence electrons. The van der Waals surface area contributed by atoms with E-state index < -0.39 is 75.7 Å². The van der Waals surface area contributed by atoms with Gasteiger partial charge in [0.1, 0.15) is 55.3 Å². The number of esters is 1. The van der Waals surface area contributed by atoms with Crippen molar-refractivity contribution >= 4 is 71.2 Å². The zero-order chi connectivity index (χ0) is 48.2. The number of fused-ring (bicyclic) bond motifs is 2. The van der Waals surface area contributed by atoms with Crippen LogP contribution in [0.25, 0.3) is 22.3 Å². The first-order valence-corrected chi connectivity index (χ1v) is 23.6. The summed E-state index contributed by atoms with van der Waals surface area (Å²) in [5.74, 6) is -1.06. The van der Waals surface area contributed by atoms with Gasteiger partial charge in [0.25, 0.3) is 11.8 Å². The Labute approximate surface area is 402 Å². The largest absolute Gasteiger partial charge is 0.530 e. The molecule has 0 unspecified atom stereocenters. The molecule has 6 heterocycles. The minimum atomic E-state index is -4.73. The smallest absolute Gasteiger partial charge is 0.456 e. The second-order valence-corrected chi connectivity index (χ2v) is 17.9. The molecule has 0 bridgehead atoms. The summed E-state index contributed by atoms with van der Waals surface area (Å²) in [6, 6.07) is 31.6. The van der Waals surface area contributed by atoms with E-state index in [2.05, 4.69) is 40.5 Å². The number of hydrogen-bond acceptors (Lipinski definition) is 17. The second-order valence-electron chi connectivity index (χ2n) is 15.9. The van der Waals surface area contributed by atoms with E-state index >= 15 is 4.57 Å². The molecule has 8 aromatic rings. The summed E-state index contributed by atoms with van der Waals surface area (Å²) in [7, 11) is -4.73. The molecule has 0 saturated carbocycles. The third-order valence-corrected chi connectivity index (χ3v) is 13.1. The van der Waals surface area contributed by atoms with Gasteiger partial charge < -0.3 is 34.5 Å². The topological polar surface area (TPSA) is 255 Å². The molecule has 2 saturated heterocycles. The Balaban J connectivity index is 0.901. The summed E-state index contributed by atoms with van der Waals surface area (Å²) in [6.07, 6.45) is -0.503. The zero-order valence-electron chi connectivity index (χ0n) is 36.5. The van der Waals surface area contributed by atoms with Gasteiger partial charge in [-0.2, -0.15) is 0 Å². The van der Waals surface area contributed by atoms with Crippen molar-refractivity contribution in [2.24, 2.45) is 0 Å². The number of nitrogens with one attached hydrogen (secondary N) is 2. The highest BCUT2D eigenvalue weighted by molar-refractivity contribution is 7.49. The van der Waals surface area contributed by atoms with Gasteiger partial charge in [0.05, 0.1) is 31.4 Å². The van der Waals surface area contributed by atoms with Gasteiger partial charge in [-0.1, -0.05) is 66.2 Å². The number of rotatable bonds is 16. The number of anilines is 2. The average molecular weight is 987 g/mol. The Bertz CT molecular complexity index is 3210. The number of ether oxygens (including phenoxy) is 3. The molecular formula is C47H40ClN10O11P. The molecule has 3 N–H and O–H groups in total. The number of carbonyl (C=O) groups excluding carboxylic acids is 3. The monoisotopic (exact) mass is 986 g/mol. The normalized spacial score (nSPS) is 20.8. The van der Waals surface area contributed by atoms with Gasteiger partial charge in [-0.15, -0.1) is 0 Å². The van der Waals surface area contributed by atoms with E-state index in [0.29, 0.717) is 27.4 Å². The minimum Gasteiger partial charge on any atom is -0.456 e. The zero-order valence-corrected chi connectivity index (χ0v) is 38.2. The summed E-state index contributed by atoms with van der Waals surface area (Å²) >= 11 is 6.17. The maximum atomic E-state index is 15.0. The predicted molar refractivity (Wildman–Crippen MR) is 250 cm³/mol. The Kier molecular flexibility index (Phi) is 13.4. The van der Waals surface area contributed by atoms with Crippen LogP contribution < -0.4 is 15.2 Å². The molecule has 7 atom stereocenters. The summed E-state index contributed by atoms with van der Waals surface area (Å²) < 4.78 is 55.3. The molecule has 23 heteroatoms. The van der Waals surface area contributed by atoms with Gasteiger partial charge >= 0.3 is 13.8 Å². The molecule has 10 rings (SSSR count). The van der Waals surface area contributed by atoms with Crippen LogP contribution in [0.15, 0.2) is 141 Å². The number of carbonyl (C=O) groups is 3. The number of imidazole rings is 2. The first-order valence-electron chi connectivity index (χ1n) is 21.7. The van der Waals surface area contributed by atoms with Crippen LogP contribution in [0.3, 0.4) is 0 Å². The van der Waals surface area contributed by atoms with E-state index in [0.717, 1.165) is 0 Å². The number of aliphatic hydroxyl groups excluding tert-OH is 1. The predicted octanol–water partition coefficient (Wildman–Crippen LogP) is 7.21. The van der Waals surface area contributed by atoms with Crippen molar-refractivity contribution < 1.29 is 51.8 Å². The molecule has 0 spiro atoms. The van der Waals surface area contributed by atoms with E-state index in [4.69, 9.17) is 39.4 Å². The molecule has 70 heavy (non-hydrogen) atoms. The molecule has 2 amide bonds. The lowest BCUT2D eigenvalue weighted by Gasteiger charge is -2.26. The molecule has 21 nitrogen and oxygen atoms in total. The SMILES string of the molecule is O=C(Nc1ncnc2c1ncn2[C@@H]1C[C@H](OC(=O)c2ccccc2)[C@H](CO[P@](=O)(Oc2ccc(Cl)cc2)O[C@@H]2C[C@@H](n3cnc4c(NC(=O)c5ccccc5)ncnc43)O[C@H]2CO)O1)c1ccccc1. The number of amides is 2. The van der Waals surface area contributed by atoms with Crippen LogP contribution in [0.2, 0.25) is 5.02 Å². The second kappa shape index (κ2) is 20.2. The van der Waals surface area contributed by atoms with Crippen LogP contribution in [0, 0.1) is 0 Å². The highest BCUT2D eigenvalue weighted by Gasteiger charge is 2.46. The lowest BCUT2D eigenvalue weighted by Crippen LogP contribution is -2.32. The fourth-order valence-corrected chi connectivity index (χ4v) is 9.50. The van der Waals surface area contributed by atoms with Crippen LogP contribution in [0.1, 0.15) is 56.4 Å². The summed E-state index contributed by atoms with van der Waals surface area (Å²) in [6.45, 7) is -1.07. The molecule has 0 radical (unpaired) electrons. The third-order valence-electron chi connectivity index (χ3n) is 11.4. The molecule has 2 aliphatic rings. The van der Waals surface area contributed by atoms with Gasteiger partial charge in [-0.05, 0) is 60.7 Å². The Morgan fingerprint density at radius 3 is 1.69 bits per heavy atom. The summed E-state index contributed by atoms with van der Waals surface area (Å²) in [5, 5.41) is 16.5. The van der Waals surface area contributed by atoms with E-state index in [-0.39, 0.29) is 46.8 Å². The van der Waals surface area contributed by atoms with Crippen LogP contribution in [0.5, 0.6) is 5.75 Å². The number of aliphatic hydroxyl groups is 1. The van der Waals surface area contributed by atoms with Gasteiger partial charge in [0.2, 0.25) is 0 Å². The number of nitrogens with zero attached hydrogens (tertiary/aromatic N) is 8. The Morgan fingerprint density at radius 2 is 1.16 bits per heavy atom. The molecule has 4 aromatic heterocycles. The van der Waals surface area contributed by atoms with Crippen molar-refractivity contribution in [3.05, 3.63) is 162 Å². The van der Waals surface area contributed by atoms with E-state index in [1.807, 2.05) is 0 Å². The Morgan fingerprint density at radius 1 is 0.657 bits per heavy atom.